The van der Waals surface area contributed by atoms with E-state index in [-0.39, 0.29) is 11.5 Å². The third-order valence-corrected chi connectivity index (χ3v) is 6.34. The van der Waals surface area contributed by atoms with Crippen LogP contribution in [0.3, 0.4) is 0 Å². The summed E-state index contributed by atoms with van der Waals surface area (Å²) in [5, 5.41) is 22.8. The number of aromatic hydroxyl groups is 2. The zero-order chi connectivity index (χ0) is 23.9. The van der Waals surface area contributed by atoms with Crippen molar-refractivity contribution in [1.29, 1.82) is 0 Å². The van der Waals surface area contributed by atoms with Crippen molar-refractivity contribution in [2.75, 3.05) is 0 Å². The van der Waals surface area contributed by atoms with Gasteiger partial charge in [0, 0.05) is 24.0 Å². The Labute approximate surface area is 203 Å². The van der Waals surface area contributed by atoms with Crippen molar-refractivity contribution in [3.63, 3.8) is 0 Å². The van der Waals surface area contributed by atoms with Gasteiger partial charge in [0.25, 0.3) is 0 Å². The quantitative estimate of drug-likeness (QED) is 0.272. The summed E-state index contributed by atoms with van der Waals surface area (Å²) in [7, 11) is 0. The van der Waals surface area contributed by atoms with Crippen LogP contribution in [0, 0.1) is 0 Å². The molecule has 0 unspecified atom stereocenters. The first-order chi connectivity index (χ1) is 16.6. The van der Waals surface area contributed by atoms with Crippen LogP contribution in [-0.2, 0) is 25.7 Å². The second-order valence-electron chi connectivity index (χ2n) is 9.13. The van der Waals surface area contributed by atoms with Gasteiger partial charge < -0.3 is 10.2 Å². The molecular weight excluding hydrogens is 416 g/mol. The third kappa shape index (κ3) is 5.51. The molecule has 4 aromatic rings. The zero-order valence-corrected chi connectivity index (χ0v) is 20.2. The number of hydrogen-bond donors (Lipinski definition) is 2. The zero-order valence-electron chi connectivity index (χ0n) is 20.2. The number of phenols is 2. The number of aryl methyl sites for hydroxylation is 2. The van der Waals surface area contributed by atoms with Crippen molar-refractivity contribution in [1.82, 2.24) is 0 Å². The molecule has 0 radical (unpaired) electrons. The SMILES string of the molecule is CCCc1cc(Cc2ccccc2)c(O)c(-c2cc(CCC)cc(Cc3ccccc3)c2O)c1. The molecule has 0 aliphatic rings. The van der Waals surface area contributed by atoms with Crippen molar-refractivity contribution < 1.29 is 10.2 Å². The molecule has 2 nitrogen and oxygen atoms in total. The molecule has 4 aromatic carbocycles. The fourth-order valence-corrected chi connectivity index (χ4v) is 4.70. The lowest BCUT2D eigenvalue weighted by Gasteiger charge is -2.18. The highest BCUT2D eigenvalue weighted by molar-refractivity contribution is 5.79. The topological polar surface area (TPSA) is 40.5 Å². The second-order valence-corrected chi connectivity index (χ2v) is 9.13. The second kappa shape index (κ2) is 11.1. The normalized spacial score (nSPS) is 11.0. The van der Waals surface area contributed by atoms with Crippen LogP contribution in [0.15, 0.2) is 84.9 Å². The first kappa shape index (κ1) is 23.6. The maximum atomic E-state index is 11.4. The number of hydrogen-bond acceptors (Lipinski definition) is 2. The van der Waals surface area contributed by atoms with Gasteiger partial charge in [-0.25, -0.2) is 0 Å². The Hall–Kier alpha value is -3.52. The van der Waals surface area contributed by atoms with Crippen LogP contribution in [0.4, 0.5) is 0 Å². The molecule has 2 N–H and O–H groups in total. The molecule has 2 heteroatoms. The summed E-state index contributed by atoms with van der Waals surface area (Å²) in [4.78, 5) is 0. The third-order valence-electron chi connectivity index (χ3n) is 6.34. The van der Waals surface area contributed by atoms with Crippen LogP contribution in [-0.4, -0.2) is 10.2 Å². The van der Waals surface area contributed by atoms with Gasteiger partial charge in [0.15, 0.2) is 0 Å². The number of benzene rings is 4. The Morgan fingerprint density at radius 2 is 0.882 bits per heavy atom. The lowest BCUT2D eigenvalue weighted by molar-refractivity contribution is 0.463. The summed E-state index contributed by atoms with van der Waals surface area (Å²) in [5.74, 6) is 0.525. The average Bonchev–Trinajstić information content (AvgIpc) is 2.85. The van der Waals surface area contributed by atoms with E-state index < -0.39 is 0 Å². The average molecular weight is 451 g/mol. The van der Waals surface area contributed by atoms with E-state index in [1.807, 2.05) is 36.4 Å². The van der Waals surface area contributed by atoms with E-state index in [0.717, 1.165) is 59.1 Å². The molecule has 0 atom stereocenters. The van der Waals surface area contributed by atoms with E-state index in [1.54, 1.807) is 0 Å². The van der Waals surface area contributed by atoms with Crippen LogP contribution >= 0.6 is 0 Å². The first-order valence-corrected chi connectivity index (χ1v) is 12.4. The van der Waals surface area contributed by atoms with Crippen LogP contribution in [0.5, 0.6) is 11.5 Å². The summed E-state index contributed by atoms with van der Waals surface area (Å²) < 4.78 is 0. The molecule has 34 heavy (non-hydrogen) atoms. The Kier molecular flexibility index (Phi) is 7.69. The van der Waals surface area contributed by atoms with E-state index in [2.05, 4.69) is 62.4 Å². The molecule has 0 saturated carbocycles. The van der Waals surface area contributed by atoms with Crippen LogP contribution in [0.25, 0.3) is 11.1 Å². The molecule has 0 aliphatic carbocycles. The molecule has 0 spiro atoms. The molecule has 0 amide bonds. The minimum absolute atomic E-state index is 0.262. The molecule has 4 rings (SSSR count). The van der Waals surface area contributed by atoms with E-state index in [4.69, 9.17) is 0 Å². The Morgan fingerprint density at radius 3 is 1.24 bits per heavy atom. The lowest BCUT2D eigenvalue weighted by atomic mass is 9.89. The van der Waals surface area contributed by atoms with Gasteiger partial charge in [-0.1, -0.05) is 99.5 Å². The van der Waals surface area contributed by atoms with Gasteiger partial charge in [0.05, 0.1) is 0 Å². The number of phenolic OH excluding ortho intramolecular Hbond substituents is 2. The van der Waals surface area contributed by atoms with Crippen molar-refractivity contribution in [3.8, 4) is 22.6 Å². The van der Waals surface area contributed by atoms with Crippen molar-refractivity contribution in [2.24, 2.45) is 0 Å². The summed E-state index contributed by atoms with van der Waals surface area (Å²) in [6, 6.07) is 28.8. The maximum Gasteiger partial charge on any atom is 0.127 e. The largest absolute Gasteiger partial charge is 0.507 e. The van der Waals surface area contributed by atoms with Crippen molar-refractivity contribution >= 4 is 0 Å². The molecule has 0 bridgehead atoms. The lowest BCUT2D eigenvalue weighted by Crippen LogP contribution is -1.98. The van der Waals surface area contributed by atoms with E-state index in [9.17, 15) is 10.2 Å². The summed E-state index contributed by atoms with van der Waals surface area (Å²) in [5.41, 5.74) is 7.94. The van der Waals surface area contributed by atoms with Crippen molar-refractivity contribution in [2.45, 2.75) is 52.4 Å². The molecule has 0 saturated heterocycles. The number of rotatable bonds is 9. The summed E-state index contributed by atoms with van der Waals surface area (Å²) in [6.07, 6.45) is 5.22. The van der Waals surface area contributed by atoms with Gasteiger partial charge in [-0.05, 0) is 58.4 Å². The first-order valence-electron chi connectivity index (χ1n) is 12.4. The predicted molar refractivity (Wildman–Crippen MR) is 142 cm³/mol. The maximum absolute atomic E-state index is 11.4. The Morgan fingerprint density at radius 1 is 0.500 bits per heavy atom. The van der Waals surface area contributed by atoms with Crippen LogP contribution < -0.4 is 0 Å². The van der Waals surface area contributed by atoms with E-state index in [0.29, 0.717) is 12.8 Å². The fraction of sp³-hybridized carbons (Fsp3) is 0.250. The highest BCUT2D eigenvalue weighted by Gasteiger charge is 2.18. The molecule has 0 aromatic heterocycles. The fourth-order valence-electron chi connectivity index (χ4n) is 4.70. The van der Waals surface area contributed by atoms with Crippen LogP contribution in [0.2, 0.25) is 0 Å². The van der Waals surface area contributed by atoms with Gasteiger partial charge in [0.1, 0.15) is 11.5 Å². The Bertz CT molecular complexity index is 1130. The molecule has 174 valence electrons. The van der Waals surface area contributed by atoms with E-state index in [1.165, 1.54) is 11.1 Å². The summed E-state index contributed by atoms with van der Waals surface area (Å²) >= 11 is 0. The minimum Gasteiger partial charge on any atom is -0.507 e. The van der Waals surface area contributed by atoms with Gasteiger partial charge in [-0.15, -0.1) is 0 Å². The van der Waals surface area contributed by atoms with Crippen LogP contribution in [0.1, 0.15) is 60.1 Å². The standard InChI is InChI=1S/C32H34O2/c1-3-11-25-19-27(17-23-13-7-5-8-14-23)31(33)29(21-25)30-22-26(12-4-2)20-28(32(30)34)18-24-15-9-6-10-16-24/h5-10,13-16,19-22,33-34H,3-4,11-12,17-18H2,1-2H3. The van der Waals surface area contributed by atoms with Crippen molar-refractivity contribution in [3.05, 3.63) is 118 Å². The van der Waals surface area contributed by atoms with Gasteiger partial charge >= 0.3 is 0 Å². The molecule has 0 heterocycles. The summed E-state index contributed by atoms with van der Waals surface area (Å²) in [6.45, 7) is 4.33. The monoisotopic (exact) mass is 450 g/mol. The highest BCUT2D eigenvalue weighted by Crippen LogP contribution is 2.42. The van der Waals surface area contributed by atoms with Gasteiger partial charge in [0.2, 0.25) is 0 Å². The molecule has 0 aliphatic heterocycles. The highest BCUT2D eigenvalue weighted by atomic mass is 16.3. The smallest absolute Gasteiger partial charge is 0.127 e. The molecular formula is C32H34O2. The van der Waals surface area contributed by atoms with Gasteiger partial charge in [-0.3, -0.25) is 0 Å². The minimum atomic E-state index is 0.262. The van der Waals surface area contributed by atoms with E-state index >= 15 is 0 Å². The van der Waals surface area contributed by atoms with Gasteiger partial charge in [-0.2, -0.15) is 0 Å². The Balaban J connectivity index is 1.84. The predicted octanol–water partition coefficient (Wildman–Crippen LogP) is 7.85. The molecule has 0 fully saturated rings.